The number of hydrogen-bond acceptors (Lipinski definition) is 3. The van der Waals surface area contributed by atoms with E-state index in [2.05, 4.69) is 19.2 Å². The standard InChI is InChI=1S/C14H23NO2/c1-4-12(2)15-8-9-17-14-7-5-6-13(10-14)11-16-3/h5-7,10,12,15H,4,8-9,11H2,1-3H3. The van der Waals surface area contributed by atoms with E-state index in [0.717, 1.165) is 24.3 Å². The molecule has 1 unspecified atom stereocenters. The van der Waals surface area contributed by atoms with E-state index in [0.29, 0.717) is 19.3 Å². The molecule has 0 bridgehead atoms. The number of nitrogens with one attached hydrogen (secondary N) is 1. The number of methoxy groups -OCH3 is 1. The Morgan fingerprint density at radius 2 is 2.18 bits per heavy atom. The van der Waals surface area contributed by atoms with E-state index in [1.54, 1.807) is 7.11 Å². The van der Waals surface area contributed by atoms with Crippen LogP contribution in [-0.4, -0.2) is 26.3 Å². The summed E-state index contributed by atoms with van der Waals surface area (Å²) in [6.07, 6.45) is 1.14. The van der Waals surface area contributed by atoms with Crippen molar-refractivity contribution in [1.29, 1.82) is 0 Å². The lowest BCUT2D eigenvalue weighted by Gasteiger charge is -2.12. The second-order valence-corrected chi connectivity index (χ2v) is 4.19. The lowest BCUT2D eigenvalue weighted by Crippen LogP contribution is -2.29. The van der Waals surface area contributed by atoms with Crippen LogP contribution in [0, 0.1) is 0 Å². The molecule has 96 valence electrons. The van der Waals surface area contributed by atoms with Gasteiger partial charge in [-0.25, -0.2) is 0 Å². The maximum Gasteiger partial charge on any atom is 0.119 e. The molecule has 1 aromatic rings. The van der Waals surface area contributed by atoms with Crippen molar-refractivity contribution in [2.45, 2.75) is 32.9 Å². The Bertz CT molecular complexity index is 315. The van der Waals surface area contributed by atoms with E-state index in [1.807, 2.05) is 24.3 Å². The van der Waals surface area contributed by atoms with Gasteiger partial charge in [0.1, 0.15) is 12.4 Å². The summed E-state index contributed by atoms with van der Waals surface area (Å²) in [4.78, 5) is 0. The van der Waals surface area contributed by atoms with Crippen LogP contribution in [0.2, 0.25) is 0 Å². The second-order valence-electron chi connectivity index (χ2n) is 4.19. The Hall–Kier alpha value is -1.06. The lowest BCUT2D eigenvalue weighted by molar-refractivity contribution is 0.184. The molecule has 17 heavy (non-hydrogen) atoms. The average molecular weight is 237 g/mol. The van der Waals surface area contributed by atoms with Crippen LogP contribution in [0.25, 0.3) is 0 Å². The van der Waals surface area contributed by atoms with Crippen molar-refractivity contribution >= 4 is 0 Å². The van der Waals surface area contributed by atoms with Crippen LogP contribution in [0.15, 0.2) is 24.3 Å². The van der Waals surface area contributed by atoms with Gasteiger partial charge >= 0.3 is 0 Å². The SMILES string of the molecule is CCC(C)NCCOc1cccc(COC)c1. The highest BCUT2D eigenvalue weighted by Gasteiger charge is 1.98. The van der Waals surface area contributed by atoms with E-state index in [4.69, 9.17) is 9.47 Å². The van der Waals surface area contributed by atoms with Gasteiger partial charge in [-0.2, -0.15) is 0 Å². The normalized spacial score (nSPS) is 12.4. The first kappa shape index (κ1) is 14.0. The van der Waals surface area contributed by atoms with Gasteiger partial charge in [0.15, 0.2) is 0 Å². The Balaban J connectivity index is 2.28. The van der Waals surface area contributed by atoms with Gasteiger partial charge in [0.05, 0.1) is 6.61 Å². The molecule has 3 nitrogen and oxygen atoms in total. The summed E-state index contributed by atoms with van der Waals surface area (Å²) < 4.78 is 10.8. The first-order valence-corrected chi connectivity index (χ1v) is 6.20. The van der Waals surface area contributed by atoms with Crippen molar-refractivity contribution in [3.8, 4) is 5.75 Å². The Morgan fingerprint density at radius 3 is 2.88 bits per heavy atom. The minimum absolute atomic E-state index is 0.554. The van der Waals surface area contributed by atoms with Gasteiger partial charge in [0.2, 0.25) is 0 Å². The van der Waals surface area contributed by atoms with E-state index in [9.17, 15) is 0 Å². The highest BCUT2D eigenvalue weighted by molar-refractivity contribution is 5.28. The highest BCUT2D eigenvalue weighted by atomic mass is 16.5. The van der Waals surface area contributed by atoms with Crippen molar-refractivity contribution < 1.29 is 9.47 Å². The Labute approximate surface area is 104 Å². The van der Waals surface area contributed by atoms with Gasteiger partial charge in [0.25, 0.3) is 0 Å². The highest BCUT2D eigenvalue weighted by Crippen LogP contribution is 2.13. The molecule has 0 radical (unpaired) electrons. The summed E-state index contributed by atoms with van der Waals surface area (Å²) in [6.45, 7) is 6.55. The number of benzene rings is 1. The molecule has 0 spiro atoms. The van der Waals surface area contributed by atoms with Gasteiger partial charge in [-0.05, 0) is 31.0 Å². The van der Waals surface area contributed by atoms with E-state index in [-0.39, 0.29) is 0 Å². The Morgan fingerprint density at radius 1 is 1.35 bits per heavy atom. The summed E-state index contributed by atoms with van der Waals surface area (Å²) >= 11 is 0. The summed E-state index contributed by atoms with van der Waals surface area (Å²) in [7, 11) is 1.70. The molecule has 0 aromatic heterocycles. The zero-order valence-electron chi connectivity index (χ0n) is 11.0. The molecular weight excluding hydrogens is 214 g/mol. The predicted molar refractivity (Wildman–Crippen MR) is 70.4 cm³/mol. The first-order chi connectivity index (χ1) is 8.26. The average Bonchev–Trinajstić information content (AvgIpc) is 2.35. The van der Waals surface area contributed by atoms with Crippen LogP contribution in [0.5, 0.6) is 5.75 Å². The van der Waals surface area contributed by atoms with Gasteiger partial charge < -0.3 is 14.8 Å². The minimum atomic E-state index is 0.554. The van der Waals surface area contributed by atoms with Crippen molar-refractivity contribution in [3.63, 3.8) is 0 Å². The van der Waals surface area contributed by atoms with Gasteiger partial charge in [0, 0.05) is 19.7 Å². The third kappa shape index (κ3) is 5.71. The molecule has 1 rings (SSSR count). The maximum atomic E-state index is 5.67. The lowest BCUT2D eigenvalue weighted by atomic mass is 10.2. The number of ether oxygens (including phenoxy) is 2. The fraction of sp³-hybridized carbons (Fsp3) is 0.571. The zero-order valence-corrected chi connectivity index (χ0v) is 11.0. The fourth-order valence-electron chi connectivity index (χ4n) is 1.51. The van der Waals surface area contributed by atoms with Gasteiger partial charge in [-0.1, -0.05) is 19.1 Å². The molecule has 0 aliphatic rings. The summed E-state index contributed by atoms with van der Waals surface area (Å²) in [5, 5.41) is 3.39. The third-order valence-electron chi connectivity index (χ3n) is 2.69. The van der Waals surface area contributed by atoms with Crippen LogP contribution in [-0.2, 0) is 11.3 Å². The van der Waals surface area contributed by atoms with Crippen LogP contribution < -0.4 is 10.1 Å². The van der Waals surface area contributed by atoms with E-state index >= 15 is 0 Å². The summed E-state index contributed by atoms with van der Waals surface area (Å²) in [6, 6.07) is 8.58. The number of rotatable bonds is 8. The molecule has 0 fully saturated rings. The van der Waals surface area contributed by atoms with Crippen molar-refractivity contribution in [1.82, 2.24) is 5.32 Å². The molecule has 0 heterocycles. The Kier molecular flexibility index (Phi) is 6.67. The molecule has 3 heteroatoms. The molecule has 1 N–H and O–H groups in total. The zero-order chi connectivity index (χ0) is 12.5. The van der Waals surface area contributed by atoms with Crippen LogP contribution in [0.1, 0.15) is 25.8 Å². The predicted octanol–water partition coefficient (Wildman–Crippen LogP) is 2.60. The van der Waals surface area contributed by atoms with Crippen molar-refractivity contribution in [3.05, 3.63) is 29.8 Å². The molecule has 0 aliphatic carbocycles. The molecule has 0 saturated heterocycles. The molecule has 0 aliphatic heterocycles. The third-order valence-corrected chi connectivity index (χ3v) is 2.69. The largest absolute Gasteiger partial charge is 0.492 e. The second kappa shape index (κ2) is 8.09. The monoisotopic (exact) mass is 237 g/mol. The van der Waals surface area contributed by atoms with Crippen LogP contribution in [0.4, 0.5) is 0 Å². The quantitative estimate of drug-likeness (QED) is 0.705. The molecule has 1 atom stereocenters. The summed E-state index contributed by atoms with van der Waals surface area (Å²) in [5.41, 5.74) is 1.14. The topological polar surface area (TPSA) is 30.5 Å². The molecule has 0 amide bonds. The number of hydrogen-bond donors (Lipinski definition) is 1. The molecule has 0 saturated carbocycles. The van der Waals surface area contributed by atoms with Crippen LogP contribution >= 0.6 is 0 Å². The van der Waals surface area contributed by atoms with Gasteiger partial charge in [-0.15, -0.1) is 0 Å². The van der Waals surface area contributed by atoms with Gasteiger partial charge in [-0.3, -0.25) is 0 Å². The van der Waals surface area contributed by atoms with E-state index in [1.165, 1.54) is 0 Å². The van der Waals surface area contributed by atoms with E-state index < -0.39 is 0 Å². The molecular formula is C14H23NO2. The van der Waals surface area contributed by atoms with Crippen molar-refractivity contribution in [2.75, 3.05) is 20.3 Å². The smallest absolute Gasteiger partial charge is 0.119 e. The summed E-state index contributed by atoms with van der Waals surface area (Å²) in [5.74, 6) is 0.908. The molecule has 1 aromatic carbocycles. The maximum absolute atomic E-state index is 5.67. The van der Waals surface area contributed by atoms with Crippen LogP contribution in [0.3, 0.4) is 0 Å². The fourth-order valence-corrected chi connectivity index (χ4v) is 1.51. The van der Waals surface area contributed by atoms with Crippen molar-refractivity contribution in [2.24, 2.45) is 0 Å². The first-order valence-electron chi connectivity index (χ1n) is 6.20. The minimum Gasteiger partial charge on any atom is -0.492 e.